The van der Waals surface area contributed by atoms with Gasteiger partial charge in [-0.25, -0.2) is 8.78 Å². The molecule has 0 nitrogen and oxygen atoms in total. The van der Waals surface area contributed by atoms with Gasteiger partial charge in [-0.15, -0.1) is 0 Å². The van der Waals surface area contributed by atoms with Crippen LogP contribution in [-0.4, -0.2) is 0 Å². The number of hydrogen-bond donors (Lipinski definition) is 0. The van der Waals surface area contributed by atoms with Crippen molar-refractivity contribution in [2.45, 2.75) is 13.8 Å². The summed E-state index contributed by atoms with van der Waals surface area (Å²) in [4.78, 5) is 0. The molecule has 0 saturated heterocycles. The van der Waals surface area contributed by atoms with Crippen molar-refractivity contribution in [3.8, 4) is 0 Å². The van der Waals surface area contributed by atoms with E-state index in [-0.39, 0.29) is 5.57 Å². The van der Waals surface area contributed by atoms with E-state index in [4.69, 9.17) is 0 Å². The van der Waals surface area contributed by atoms with Gasteiger partial charge < -0.3 is 0 Å². The lowest BCUT2D eigenvalue weighted by molar-refractivity contribution is 0.597. The van der Waals surface area contributed by atoms with E-state index < -0.39 is 11.7 Å². The van der Waals surface area contributed by atoms with Crippen molar-refractivity contribution in [1.82, 2.24) is 0 Å². The standard InChI is InChI=1S/C6H8F2/c1-4(5(2)7)6(3)8/h2H2,1,3H3/b6-4+. The highest BCUT2D eigenvalue weighted by Gasteiger charge is 1.96. The molecule has 0 aliphatic heterocycles. The van der Waals surface area contributed by atoms with Gasteiger partial charge in [0.15, 0.2) is 0 Å². The van der Waals surface area contributed by atoms with E-state index >= 15 is 0 Å². The lowest BCUT2D eigenvalue weighted by Gasteiger charge is -1.91. The Morgan fingerprint density at radius 3 is 1.62 bits per heavy atom. The Bertz CT molecular complexity index is 129. The van der Waals surface area contributed by atoms with Gasteiger partial charge in [0.2, 0.25) is 0 Å². The van der Waals surface area contributed by atoms with Crippen molar-refractivity contribution in [2.24, 2.45) is 0 Å². The minimum absolute atomic E-state index is 0.00926. The van der Waals surface area contributed by atoms with Crippen LogP contribution in [0.3, 0.4) is 0 Å². The Kier molecular flexibility index (Phi) is 2.38. The number of hydrogen-bond acceptors (Lipinski definition) is 0. The lowest BCUT2D eigenvalue weighted by Crippen LogP contribution is -1.75. The van der Waals surface area contributed by atoms with Gasteiger partial charge in [-0.05, 0) is 13.8 Å². The molecule has 2 heteroatoms. The molecule has 0 spiro atoms. The molecular weight excluding hydrogens is 110 g/mol. The molecule has 0 aliphatic rings. The zero-order valence-electron chi connectivity index (χ0n) is 4.96. The van der Waals surface area contributed by atoms with Crippen molar-refractivity contribution in [3.05, 3.63) is 23.8 Å². The van der Waals surface area contributed by atoms with Crippen molar-refractivity contribution in [3.63, 3.8) is 0 Å². The summed E-state index contributed by atoms with van der Waals surface area (Å²) in [6.07, 6.45) is 0. The van der Waals surface area contributed by atoms with Crippen LogP contribution in [0.2, 0.25) is 0 Å². The van der Waals surface area contributed by atoms with Crippen molar-refractivity contribution in [2.75, 3.05) is 0 Å². The van der Waals surface area contributed by atoms with Crippen LogP contribution in [0.5, 0.6) is 0 Å². The van der Waals surface area contributed by atoms with E-state index in [1.54, 1.807) is 0 Å². The van der Waals surface area contributed by atoms with Crippen LogP contribution in [0, 0.1) is 0 Å². The summed E-state index contributed by atoms with van der Waals surface area (Å²) in [6, 6.07) is 0. The van der Waals surface area contributed by atoms with E-state index in [0.717, 1.165) is 0 Å². The topological polar surface area (TPSA) is 0 Å². The second kappa shape index (κ2) is 2.60. The summed E-state index contributed by atoms with van der Waals surface area (Å²) in [5.74, 6) is -1.22. The summed E-state index contributed by atoms with van der Waals surface area (Å²) in [5.41, 5.74) is -0.00926. The molecule has 0 unspecified atom stereocenters. The summed E-state index contributed by atoms with van der Waals surface area (Å²) < 4.78 is 23.8. The van der Waals surface area contributed by atoms with Crippen LogP contribution in [0.1, 0.15) is 13.8 Å². The van der Waals surface area contributed by atoms with Gasteiger partial charge in [0.05, 0.1) is 0 Å². The predicted octanol–water partition coefficient (Wildman–Crippen LogP) is 2.73. The second-order valence-electron chi connectivity index (χ2n) is 1.56. The quantitative estimate of drug-likeness (QED) is 0.464. The largest absolute Gasteiger partial charge is 0.212 e. The molecule has 0 aromatic carbocycles. The zero-order chi connectivity index (χ0) is 6.73. The average Bonchev–Trinajstić information content (AvgIpc) is 1.64. The van der Waals surface area contributed by atoms with E-state index in [1.807, 2.05) is 0 Å². The maximum Gasteiger partial charge on any atom is 0.121 e. The Labute approximate surface area is 47.5 Å². The monoisotopic (exact) mass is 118 g/mol. The lowest BCUT2D eigenvalue weighted by atomic mass is 10.2. The molecule has 46 valence electrons. The highest BCUT2D eigenvalue weighted by atomic mass is 19.1. The fourth-order valence-corrected chi connectivity index (χ4v) is 0.187. The van der Waals surface area contributed by atoms with Crippen LogP contribution < -0.4 is 0 Å². The van der Waals surface area contributed by atoms with Gasteiger partial charge in [-0.2, -0.15) is 0 Å². The van der Waals surface area contributed by atoms with Crippen LogP contribution in [0.15, 0.2) is 23.8 Å². The molecule has 8 heavy (non-hydrogen) atoms. The summed E-state index contributed by atoms with van der Waals surface area (Å²) in [5, 5.41) is 0. The minimum atomic E-state index is -0.704. The summed E-state index contributed by atoms with van der Waals surface area (Å²) in [7, 11) is 0. The first kappa shape index (κ1) is 7.34. The van der Waals surface area contributed by atoms with Crippen molar-refractivity contribution < 1.29 is 8.78 Å². The number of halogens is 2. The highest BCUT2D eigenvalue weighted by molar-refractivity contribution is 5.21. The van der Waals surface area contributed by atoms with E-state index in [1.165, 1.54) is 13.8 Å². The van der Waals surface area contributed by atoms with Gasteiger partial charge in [0, 0.05) is 5.57 Å². The van der Waals surface area contributed by atoms with Gasteiger partial charge in [-0.3, -0.25) is 0 Å². The van der Waals surface area contributed by atoms with E-state index in [0.29, 0.717) is 0 Å². The zero-order valence-corrected chi connectivity index (χ0v) is 4.96. The predicted molar refractivity (Wildman–Crippen MR) is 29.7 cm³/mol. The maximum atomic E-state index is 11.9. The number of allylic oxidation sites excluding steroid dienone is 3. The maximum absolute atomic E-state index is 11.9. The van der Waals surface area contributed by atoms with Crippen LogP contribution in [0.25, 0.3) is 0 Å². The Morgan fingerprint density at radius 2 is 1.62 bits per heavy atom. The van der Waals surface area contributed by atoms with Crippen LogP contribution >= 0.6 is 0 Å². The van der Waals surface area contributed by atoms with Gasteiger partial charge in [0.1, 0.15) is 11.7 Å². The summed E-state index contributed by atoms with van der Waals surface area (Å²) in [6.45, 7) is 5.45. The normalized spacial score (nSPS) is 13.0. The molecule has 0 heterocycles. The Hall–Kier alpha value is -0.660. The van der Waals surface area contributed by atoms with Crippen LogP contribution in [0.4, 0.5) is 8.78 Å². The Balaban J connectivity index is 4.23. The third kappa shape index (κ3) is 1.87. The fraction of sp³-hybridized carbons (Fsp3) is 0.333. The van der Waals surface area contributed by atoms with E-state index in [9.17, 15) is 8.78 Å². The van der Waals surface area contributed by atoms with Crippen molar-refractivity contribution in [1.29, 1.82) is 0 Å². The molecule has 0 saturated carbocycles. The molecule has 0 bridgehead atoms. The second-order valence-corrected chi connectivity index (χ2v) is 1.56. The molecule has 0 aliphatic carbocycles. The molecule has 0 amide bonds. The molecule has 0 radical (unpaired) electrons. The molecule has 0 N–H and O–H groups in total. The third-order valence-electron chi connectivity index (χ3n) is 0.924. The van der Waals surface area contributed by atoms with Gasteiger partial charge in [-0.1, -0.05) is 6.58 Å². The SMILES string of the molecule is C=C(F)/C(C)=C(\C)F. The molecule has 0 aromatic heterocycles. The molecule has 0 rings (SSSR count). The minimum Gasteiger partial charge on any atom is -0.212 e. The molecular formula is C6H8F2. The highest BCUT2D eigenvalue weighted by Crippen LogP contribution is 2.13. The van der Waals surface area contributed by atoms with E-state index in [2.05, 4.69) is 6.58 Å². The Morgan fingerprint density at radius 1 is 1.25 bits per heavy atom. The summed E-state index contributed by atoms with van der Waals surface area (Å²) >= 11 is 0. The first-order valence-electron chi connectivity index (χ1n) is 2.23. The smallest absolute Gasteiger partial charge is 0.121 e. The van der Waals surface area contributed by atoms with Crippen LogP contribution in [-0.2, 0) is 0 Å². The first-order chi connectivity index (χ1) is 3.55. The fourth-order valence-electron chi connectivity index (χ4n) is 0.187. The molecule has 0 atom stereocenters. The first-order valence-corrected chi connectivity index (χ1v) is 2.23. The third-order valence-corrected chi connectivity index (χ3v) is 0.924. The number of rotatable bonds is 1. The average molecular weight is 118 g/mol. The van der Waals surface area contributed by atoms with Crippen molar-refractivity contribution >= 4 is 0 Å². The molecule has 0 fully saturated rings. The van der Waals surface area contributed by atoms with Gasteiger partial charge >= 0.3 is 0 Å². The molecule has 0 aromatic rings. The van der Waals surface area contributed by atoms with Gasteiger partial charge in [0.25, 0.3) is 0 Å².